The van der Waals surface area contributed by atoms with Crippen LogP contribution in [-0.2, 0) is 16.0 Å². The highest BCUT2D eigenvalue weighted by atomic mass is 35.5. The summed E-state index contributed by atoms with van der Waals surface area (Å²) in [6, 6.07) is 15.0. The number of fused-ring (bicyclic) bond motifs is 1. The summed E-state index contributed by atoms with van der Waals surface area (Å²) in [7, 11) is 0. The predicted octanol–water partition coefficient (Wildman–Crippen LogP) is 5.08. The molecule has 5 nitrogen and oxygen atoms in total. The highest BCUT2D eigenvalue weighted by Gasteiger charge is 2.38. The van der Waals surface area contributed by atoms with Crippen molar-refractivity contribution in [3.8, 4) is 5.75 Å². The molecule has 0 saturated heterocycles. The molecule has 0 N–H and O–H groups in total. The number of carbonyl (C=O) groups is 2. The maximum atomic E-state index is 13.6. The van der Waals surface area contributed by atoms with Crippen LogP contribution in [0, 0.1) is 5.82 Å². The van der Waals surface area contributed by atoms with Crippen LogP contribution >= 0.6 is 22.9 Å². The van der Waals surface area contributed by atoms with Crippen molar-refractivity contribution >= 4 is 34.8 Å². The number of nitrogens with zero attached hydrogens (tertiary/aromatic N) is 2. The number of benzene rings is 2. The summed E-state index contributed by atoms with van der Waals surface area (Å²) >= 11 is 7.58. The maximum absolute atomic E-state index is 13.6. The quantitative estimate of drug-likeness (QED) is 0.456. The van der Waals surface area contributed by atoms with Crippen LogP contribution in [-0.4, -0.2) is 47.4 Å². The number of carbonyl (C=O) groups excluding carboxylic acids is 2. The molecule has 176 valence electrons. The number of thiophene rings is 1. The molecular weight excluding hydrogens is 475 g/mol. The zero-order valence-electron chi connectivity index (χ0n) is 18.5. The number of hydrogen-bond acceptors (Lipinski definition) is 4. The van der Waals surface area contributed by atoms with Gasteiger partial charge in [0, 0.05) is 22.5 Å². The summed E-state index contributed by atoms with van der Waals surface area (Å²) in [5.41, 5.74) is 1.94. The molecule has 0 spiro atoms. The number of ether oxygens (including phenoxy) is 1. The monoisotopic (exact) mass is 498 g/mol. The van der Waals surface area contributed by atoms with Crippen LogP contribution in [0.1, 0.15) is 34.9 Å². The third-order valence-corrected chi connectivity index (χ3v) is 7.51. The third kappa shape index (κ3) is 4.95. The van der Waals surface area contributed by atoms with E-state index in [0.717, 1.165) is 30.4 Å². The number of hydrogen-bond donors (Lipinski definition) is 0. The van der Waals surface area contributed by atoms with E-state index >= 15 is 0 Å². The van der Waals surface area contributed by atoms with Crippen molar-refractivity contribution in [2.45, 2.75) is 31.3 Å². The Kier molecular flexibility index (Phi) is 6.57. The summed E-state index contributed by atoms with van der Waals surface area (Å²) in [5, 5.41) is 2.62. The Bertz CT molecular complexity index is 1180. The van der Waals surface area contributed by atoms with E-state index in [1.54, 1.807) is 52.6 Å². The molecule has 1 saturated carbocycles. The van der Waals surface area contributed by atoms with Crippen LogP contribution in [0.3, 0.4) is 0 Å². The molecule has 8 heteroatoms. The van der Waals surface area contributed by atoms with Crippen LogP contribution in [0.5, 0.6) is 5.75 Å². The molecule has 2 aliphatic rings. The molecule has 1 aliphatic carbocycles. The van der Waals surface area contributed by atoms with Gasteiger partial charge in [-0.2, -0.15) is 0 Å². The van der Waals surface area contributed by atoms with E-state index in [2.05, 4.69) is 0 Å². The average Bonchev–Trinajstić information content (AvgIpc) is 3.57. The summed E-state index contributed by atoms with van der Waals surface area (Å²) in [6.07, 6.45) is 2.54. The molecule has 34 heavy (non-hydrogen) atoms. The molecule has 2 aromatic carbocycles. The fourth-order valence-corrected chi connectivity index (χ4v) is 5.42. The molecule has 3 aromatic rings. The van der Waals surface area contributed by atoms with Crippen molar-refractivity contribution in [3.05, 3.63) is 86.8 Å². The Balaban J connectivity index is 1.32. The first-order valence-electron chi connectivity index (χ1n) is 11.3. The first-order chi connectivity index (χ1) is 16.5. The Morgan fingerprint density at radius 3 is 2.53 bits per heavy atom. The van der Waals surface area contributed by atoms with Crippen LogP contribution < -0.4 is 4.74 Å². The van der Waals surface area contributed by atoms with Gasteiger partial charge < -0.3 is 14.5 Å². The van der Waals surface area contributed by atoms with E-state index in [1.807, 2.05) is 16.3 Å². The van der Waals surface area contributed by atoms with E-state index in [1.165, 1.54) is 17.0 Å². The van der Waals surface area contributed by atoms with E-state index < -0.39 is 0 Å². The Labute approximate surface area is 206 Å². The minimum absolute atomic E-state index is 0.00461. The van der Waals surface area contributed by atoms with Gasteiger partial charge in [0.15, 0.2) is 6.61 Å². The SMILES string of the molecule is O=C(COc1ccc(Cl)cc1)N(CC(=O)N1CCc2sccc2C1c1ccc(F)cc1)C1CC1. The van der Waals surface area contributed by atoms with Crippen molar-refractivity contribution in [2.24, 2.45) is 0 Å². The van der Waals surface area contributed by atoms with Crippen LogP contribution in [0.15, 0.2) is 60.0 Å². The molecule has 5 rings (SSSR count). The number of halogens is 2. The van der Waals surface area contributed by atoms with Crippen LogP contribution in [0.4, 0.5) is 4.39 Å². The van der Waals surface area contributed by atoms with Gasteiger partial charge in [-0.25, -0.2) is 4.39 Å². The summed E-state index contributed by atoms with van der Waals surface area (Å²) in [5.74, 6) is -0.0818. The van der Waals surface area contributed by atoms with Gasteiger partial charge in [0.2, 0.25) is 5.91 Å². The maximum Gasteiger partial charge on any atom is 0.261 e. The lowest BCUT2D eigenvalue weighted by atomic mass is 9.93. The lowest BCUT2D eigenvalue weighted by Gasteiger charge is -2.37. The Morgan fingerprint density at radius 2 is 1.82 bits per heavy atom. The molecule has 1 atom stereocenters. The van der Waals surface area contributed by atoms with Crippen LogP contribution in [0.25, 0.3) is 0 Å². The fourth-order valence-electron chi connectivity index (χ4n) is 4.39. The van der Waals surface area contributed by atoms with Gasteiger partial charge in [0.05, 0.1) is 6.04 Å². The van der Waals surface area contributed by atoms with Gasteiger partial charge in [-0.15, -0.1) is 11.3 Å². The Hall–Kier alpha value is -2.90. The number of rotatable bonds is 7. The van der Waals surface area contributed by atoms with Crippen molar-refractivity contribution in [1.29, 1.82) is 0 Å². The molecule has 1 aromatic heterocycles. The predicted molar refractivity (Wildman–Crippen MR) is 130 cm³/mol. The van der Waals surface area contributed by atoms with E-state index in [4.69, 9.17) is 16.3 Å². The molecule has 1 fully saturated rings. The van der Waals surface area contributed by atoms with Crippen molar-refractivity contribution in [1.82, 2.24) is 9.80 Å². The molecule has 1 unspecified atom stereocenters. The summed E-state index contributed by atoms with van der Waals surface area (Å²) < 4.78 is 19.2. The topological polar surface area (TPSA) is 49.9 Å². The van der Waals surface area contributed by atoms with Crippen molar-refractivity contribution in [2.75, 3.05) is 19.7 Å². The molecule has 0 bridgehead atoms. The second-order valence-electron chi connectivity index (χ2n) is 8.59. The normalized spacial score (nSPS) is 17.2. The zero-order valence-corrected chi connectivity index (χ0v) is 20.0. The Morgan fingerprint density at radius 1 is 1.09 bits per heavy atom. The fraction of sp³-hybridized carbons (Fsp3) is 0.308. The minimum Gasteiger partial charge on any atom is -0.484 e. The lowest BCUT2D eigenvalue weighted by molar-refractivity contribution is -0.143. The van der Waals surface area contributed by atoms with Crippen LogP contribution in [0.2, 0.25) is 5.02 Å². The van der Waals surface area contributed by atoms with Gasteiger partial charge in [-0.1, -0.05) is 23.7 Å². The number of amides is 2. The third-order valence-electron chi connectivity index (χ3n) is 6.26. The van der Waals surface area contributed by atoms with Gasteiger partial charge in [-0.3, -0.25) is 9.59 Å². The van der Waals surface area contributed by atoms with Crippen molar-refractivity contribution < 1.29 is 18.7 Å². The highest BCUT2D eigenvalue weighted by Crippen LogP contribution is 2.38. The van der Waals surface area contributed by atoms with Gasteiger partial charge in [0.1, 0.15) is 18.1 Å². The molecule has 1 aliphatic heterocycles. The summed E-state index contributed by atoms with van der Waals surface area (Å²) in [4.78, 5) is 31.2. The molecule has 2 heterocycles. The smallest absolute Gasteiger partial charge is 0.261 e. The van der Waals surface area contributed by atoms with Gasteiger partial charge >= 0.3 is 0 Å². The largest absolute Gasteiger partial charge is 0.484 e. The van der Waals surface area contributed by atoms with Gasteiger partial charge in [-0.05, 0) is 78.2 Å². The zero-order chi connectivity index (χ0) is 23.7. The average molecular weight is 499 g/mol. The van der Waals surface area contributed by atoms with Crippen molar-refractivity contribution in [3.63, 3.8) is 0 Å². The summed E-state index contributed by atoms with van der Waals surface area (Å²) in [6.45, 7) is 0.425. The highest BCUT2D eigenvalue weighted by molar-refractivity contribution is 7.10. The molecule has 0 radical (unpaired) electrons. The lowest BCUT2D eigenvalue weighted by Crippen LogP contribution is -2.48. The van der Waals surface area contributed by atoms with E-state index in [9.17, 15) is 14.0 Å². The van der Waals surface area contributed by atoms with E-state index in [-0.39, 0.29) is 42.9 Å². The second kappa shape index (κ2) is 9.76. The standard InChI is InChI=1S/C26H24ClFN2O3S/c27-18-3-9-21(10-4-18)33-16-25(32)30(20-7-8-20)15-24(31)29-13-11-23-22(12-14-34-23)26(29)17-1-5-19(28)6-2-17/h1-6,9-10,12,14,20,26H,7-8,11,13,15-16H2. The first-order valence-corrected chi connectivity index (χ1v) is 12.5. The molecular formula is C26H24ClFN2O3S. The van der Waals surface area contributed by atoms with Gasteiger partial charge in [0.25, 0.3) is 5.91 Å². The first kappa shape index (κ1) is 22.9. The molecule has 2 amide bonds. The minimum atomic E-state index is -0.311. The second-order valence-corrected chi connectivity index (χ2v) is 10.0. The van der Waals surface area contributed by atoms with E-state index in [0.29, 0.717) is 17.3 Å².